The van der Waals surface area contributed by atoms with Crippen LogP contribution in [0.25, 0.3) is 10.9 Å². The average molecular weight is 324 g/mol. The number of nitrogens with zero attached hydrogens (tertiary/aromatic N) is 1. The zero-order valence-corrected chi connectivity index (χ0v) is 13.3. The van der Waals surface area contributed by atoms with E-state index in [4.69, 9.17) is 0 Å². The summed E-state index contributed by atoms with van der Waals surface area (Å²) in [6, 6.07) is 5.74. The SMILES string of the molecule is Cc1cc2[nH]c3c(c2c(C(=O)O)c1C(=O)O)Cc1cccn1C3C. The molecule has 0 saturated carbocycles. The van der Waals surface area contributed by atoms with Gasteiger partial charge in [0.1, 0.15) is 0 Å². The molecule has 6 heteroatoms. The number of aromatic amines is 1. The van der Waals surface area contributed by atoms with Gasteiger partial charge in [0.15, 0.2) is 0 Å². The van der Waals surface area contributed by atoms with E-state index in [0.29, 0.717) is 22.9 Å². The number of nitrogens with one attached hydrogen (secondary N) is 1. The Balaban J connectivity index is 2.12. The van der Waals surface area contributed by atoms with Gasteiger partial charge in [-0.15, -0.1) is 0 Å². The monoisotopic (exact) mass is 324 g/mol. The Hall–Kier alpha value is -3.02. The molecule has 3 aromatic rings. The van der Waals surface area contributed by atoms with Crippen LogP contribution in [0.15, 0.2) is 24.4 Å². The maximum Gasteiger partial charge on any atom is 0.337 e. The molecule has 1 atom stereocenters. The summed E-state index contributed by atoms with van der Waals surface area (Å²) in [5.41, 5.74) is 3.77. The fraction of sp³-hybridized carbons (Fsp3) is 0.222. The highest BCUT2D eigenvalue weighted by Crippen LogP contribution is 2.38. The van der Waals surface area contributed by atoms with Crippen molar-refractivity contribution in [2.75, 3.05) is 0 Å². The lowest BCUT2D eigenvalue weighted by Gasteiger charge is -2.23. The van der Waals surface area contributed by atoms with Crippen LogP contribution in [-0.4, -0.2) is 31.7 Å². The van der Waals surface area contributed by atoms with Gasteiger partial charge in [-0.1, -0.05) is 0 Å². The van der Waals surface area contributed by atoms with Crippen molar-refractivity contribution in [2.45, 2.75) is 26.3 Å². The number of benzene rings is 1. The third kappa shape index (κ3) is 1.76. The third-order valence-corrected chi connectivity index (χ3v) is 4.91. The van der Waals surface area contributed by atoms with Crippen molar-refractivity contribution in [3.05, 3.63) is 58.0 Å². The van der Waals surface area contributed by atoms with Gasteiger partial charge in [0, 0.05) is 34.9 Å². The number of hydrogen-bond donors (Lipinski definition) is 3. The number of carboxylic acid groups (broad SMARTS) is 2. The second-order valence-electron chi connectivity index (χ2n) is 6.25. The van der Waals surface area contributed by atoms with E-state index in [9.17, 15) is 19.8 Å². The smallest absolute Gasteiger partial charge is 0.337 e. The molecule has 24 heavy (non-hydrogen) atoms. The van der Waals surface area contributed by atoms with Crippen LogP contribution < -0.4 is 0 Å². The highest BCUT2D eigenvalue weighted by molar-refractivity contribution is 6.13. The van der Waals surface area contributed by atoms with Crippen LogP contribution >= 0.6 is 0 Å². The van der Waals surface area contributed by atoms with Crippen LogP contribution in [0.5, 0.6) is 0 Å². The van der Waals surface area contributed by atoms with Crippen LogP contribution in [0, 0.1) is 6.92 Å². The number of hydrogen-bond acceptors (Lipinski definition) is 2. The van der Waals surface area contributed by atoms with Gasteiger partial charge in [-0.25, -0.2) is 9.59 Å². The van der Waals surface area contributed by atoms with Crippen molar-refractivity contribution < 1.29 is 19.8 Å². The Morgan fingerprint density at radius 1 is 1.25 bits per heavy atom. The lowest BCUT2D eigenvalue weighted by atomic mass is 9.92. The molecule has 0 fully saturated rings. The molecule has 0 bridgehead atoms. The van der Waals surface area contributed by atoms with E-state index in [-0.39, 0.29) is 17.2 Å². The molecule has 2 aromatic heterocycles. The van der Waals surface area contributed by atoms with Gasteiger partial charge in [-0.05, 0) is 43.2 Å². The molecule has 3 N–H and O–H groups in total. The van der Waals surface area contributed by atoms with Gasteiger partial charge in [0.05, 0.1) is 17.2 Å². The lowest BCUT2D eigenvalue weighted by Crippen LogP contribution is -2.17. The Morgan fingerprint density at radius 3 is 2.62 bits per heavy atom. The standard InChI is InChI=1S/C18H16N2O4/c1-8-6-12-14(15(18(23)24)13(8)17(21)22)11-7-10-4-3-5-20(10)9(2)16(11)19-12/h3-6,9,19H,7H2,1-2H3,(H,21,22)(H,23,24). The first-order valence-electron chi connectivity index (χ1n) is 7.70. The summed E-state index contributed by atoms with van der Waals surface area (Å²) in [5, 5.41) is 19.7. The fourth-order valence-electron chi connectivity index (χ4n) is 3.89. The number of H-pyrrole nitrogens is 1. The average Bonchev–Trinajstić information content (AvgIpc) is 3.10. The molecule has 0 saturated heterocycles. The molecule has 6 nitrogen and oxygen atoms in total. The molecule has 0 spiro atoms. The number of carboxylic acids is 2. The highest BCUT2D eigenvalue weighted by atomic mass is 16.4. The van der Waals surface area contributed by atoms with Crippen LogP contribution in [0.1, 0.15) is 56.2 Å². The molecular formula is C18H16N2O4. The highest BCUT2D eigenvalue weighted by Gasteiger charge is 2.30. The minimum atomic E-state index is -1.21. The number of fused-ring (bicyclic) bond motifs is 4. The normalized spacial score (nSPS) is 16.0. The Morgan fingerprint density at radius 2 is 1.96 bits per heavy atom. The maximum atomic E-state index is 11.9. The summed E-state index contributed by atoms with van der Waals surface area (Å²) in [4.78, 5) is 26.8. The molecule has 1 aliphatic rings. The predicted octanol–water partition coefficient (Wildman–Crippen LogP) is 3.19. The molecule has 0 amide bonds. The number of aromatic carboxylic acids is 2. The number of aryl methyl sites for hydroxylation is 1. The number of carbonyl (C=O) groups is 2. The van der Waals surface area contributed by atoms with Crippen LogP contribution in [0.4, 0.5) is 0 Å². The van der Waals surface area contributed by atoms with E-state index in [2.05, 4.69) is 9.55 Å². The molecular weight excluding hydrogens is 308 g/mol. The van der Waals surface area contributed by atoms with Crippen molar-refractivity contribution >= 4 is 22.8 Å². The zero-order chi connectivity index (χ0) is 17.2. The van der Waals surface area contributed by atoms with Gasteiger partial charge in [0.2, 0.25) is 0 Å². The molecule has 1 unspecified atom stereocenters. The summed E-state index contributed by atoms with van der Waals surface area (Å²) in [6.45, 7) is 3.67. The quantitative estimate of drug-likeness (QED) is 0.674. The summed E-state index contributed by atoms with van der Waals surface area (Å²) in [5.74, 6) is -2.43. The Kier molecular flexibility index (Phi) is 2.87. The predicted molar refractivity (Wildman–Crippen MR) is 88.0 cm³/mol. The van der Waals surface area contributed by atoms with Gasteiger partial charge >= 0.3 is 11.9 Å². The van der Waals surface area contributed by atoms with Crippen LogP contribution in [-0.2, 0) is 6.42 Å². The second-order valence-corrected chi connectivity index (χ2v) is 6.25. The van der Waals surface area contributed by atoms with Gasteiger partial charge in [0.25, 0.3) is 0 Å². The third-order valence-electron chi connectivity index (χ3n) is 4.91. The van der Waals surface area contributed by atoms with Crippen molar-refractivity contribution in [3.63, 3.8) is 0 Å². The summed E-state index contributed by atoms with van der Waals surface area (Å²) >= 11 is 0. The van der Waals surface area contributed by atoms with Gasteiger partial charge in [-0.2, -0.15) is 0 Å². The van der Waals surface area contributed by atoms with Crippen molar-refractivity contribution in [3.8, 4) is 0 Å². The summed E-state index contributed by atoms with van der Waals surface area (Å²) in [7, 11) is 0. The lowest BCUT2D eigenvalue weighted by molar-refractivity contribution is 0.0652. The maximum absolute atomic E-state index is 11.9. The van der Waals surface area contributed by atoms with E-state index in [1.807, 2.05) is 25.3 Å². The van der Waals surface area contributed by atoms with Crippen molar-refractivity contribution in [1.82, 2.24) is 9.55 Å². The molecule has 1 aliphatic heterocycles. The molecule has 1 aromatic carbocycles. The minimum absolute atomic E-state index is 0.0429. The molecule has 0 aliphatic carbocycles. The van der Waals surface area contributed by atoms with E-state index < -0.39 is 11.9 Å². The Bertz CT molecular complexity index is 1030. The van der Waals surface area contributed by atoms with Gasteiger partial charge in [-0.3, -0.25) is 0 Å². The Labute approximate surface area is 137 Å². The van der Waals surface area contributed by atoms with Gasteiger partial charge < -0.3 is 19.8 Å². The van der Waals surface area contributed by atoms with E-state index in [0.717, 1.165) is 17.0 Å². The molecule has 122 valence electrons. The molecule has 4 rings (SSSR count). The topological polar surface area (TPSA) is 95.3 Å². The largest absolute Gasteiger partial charge is 0.478 e. The van der Waals surface area contributed by atoms with Crippen LogP contribution in [0.3, 0.4) is 0 Å². The van der Waals surface area contributed by atoms with Crippen molar-refractivity contribution in [2.24, 2.45) is 0 Å². The van der Waals surface area contributed by atoms with Crippen LogP contribution in [0.2, 0.25) is 0 Å². The first-order valence-corrected chi connectivity index (χ1v) is 7.70. The molecule has 0 radical (unpaired) electrons. The number of rotatable bonds is 2. The van der Waals surface area contributed by atoms with E-state index >= 15 is 0 Å². The fourth-order valence-corrected chi connectivity index (χ4v) is 3.89. The minimum Gasteiger partial charge on any atom is -0.478 e. The number of aromatic nitrogens is 2. The second kappa shape index (κ2) is 4.74. The van der Waals surface area contributed by atoms with E-state index in [1.165, 1.54) is 0 Å². The first kappa shape index (κ1) is 14.6. The molecule has 3 heterocycles. The zero-order valence-electron chi connectivity index (χ0n) is 13.3. The van der Waals surface area contributed by atoms with E-state index in [1.54, 1.807) is 13.0 Å². The summed E-state index contributed by atoms with van der Waals surface area (Å²) < 4.78 is 2.14. The summed E-state index contributed by atoms with van der Waals surface area (Å²) in [6.07, 6.45) is 2.58. The first-order chi connectivity index (χ1) is 11.4. The van der Waals surface area contributed by atoms with Crippen molar-refractivity contribution in [1.29, 1.82) is 0 Å².